The molecule has 1 saturated carbocycles. The van der Waals surface area contributed by atoms with Gasteiger partial charge >= 0.3 is 5.97 Å². The summed E-state index contributed by atoms with van der Waals surface area (Å²) in [7, 11) is 1.62. The van der Waals surface area contributed by atoms with Crippen LogP contribution in [0, 0.1) is 5.41 Å². The van der Waals surface area contributed by atoms with Crippen molar-refractivity contribution in [3.05, 3.63) is 35.5 Å². The van der Waals surface area contributed by atoms with E-state index >= 15 is 0 Å². The Labute approximate surface area is 218 Å². The number of aliphatic carboxylic acids is 1. The molecule has 8 heteroatoms. The van der Waals surface area contributed by atoms with Crippen LogP contribution in [0.15, 0.2) is 24.4 Å². The lowest BCUT2D eigenvalue weighted by atomic mass is 9.71. The maximum Gasteiger partial charge on any atom is 0.303 e. The summed E-state index contributed by atoms with van der Waals surface area (Å²) in [4.78, 5) is 18.8. The van der Waals surface area contributed by atoms with Gasteiger partial charge in [-0.05, 0) is 86.4 Å². The van der Waals surface area contributed by atoms with E-state index in [1.807, 2.05) is 18.2 Å². The van der Waals surface area contributed by atoms with Crippen LogP contribution in [0.2, 0.25) is 0 Å². The van der Waals surface area contributed by atoms with Crippen molar-refractivity contribution in [3.8, 4) is 5.75 Å². The molecule has 0 spiro atoms. The van der Waals surface area contributed by atoms with Gasteiger partial charge in [-0.25, -0.2) is 0 Å². The number of rotatable bonds is 12. The average Bonchev–Trinajstić information content (AvgIpc) is 3.40. The molecule has 1 aromatic heterocycles. The highest BCUT2D eigenvalue weighted by atomic mass is 32.2. The molecule has 1 atom stereocenters. The van der Waals surface area contributed by atoms with Gasteiger partial charge in [0.2, 0.25) is 0 Å². The summed E-state index contributed by atoms with van der Waals surface area (Å²) >= 11 is 2.11. The quantitative estimate of drug-likeness (QED) is 0.372. The van der Waals surface area contributed by atoms with Crippen LogP contribution >= 0.6 is 11.8 Å². The number of benzene rings is 1. The summed E-state index contributed by atoms with van der Waals surface area (Å²) in [5, 5.41) is 22.7. The lowest BCUT2D eigenvalue weighted by Crippen LogP contribution is -2.42. The summed E-state index contributed by atoms with van der Waals surface area (Å²) in [5.74, 6) is 1.11. The number of carboxylic acid groups (broad SMARTS) is 1. The summed E-state index contributed by atoms with van der Waals surface area (Å²) in [6.45, 7) is 3.22. The Bertz CT molecular complexity index is 1010. The highest BCUT2D eigenvalue weighted by Crippen LogP contribution is 2.42. The molecule has 2 aromatic rings. The van der Waals surface area contributed by atoms with E-state index in [-0.39, 0.29) is 18.4 Å². The van der Waals surface area contributed by atoms with Crippen LogP contribution in [0.5, 0.6) is 5.75 Å². The fourth-order valence-electron chi connectivity index (χ4n) is 5.99. The zero-order valence-electron chi connectivity index (χ0n) is 21.5. The van der Waals surface area contributed by atoms with Crippen molar-refractivity contribution < 1.29 is 19.7 Å². The molecule has 0 amide bonds. The lowest BCUT2D eigenvalue weighted by Gasteiger charge is -2.41. The predicted octanol–water partition coefficient (Wildman–Crippen LogP) is 4.75. The van der Waals surface area contributed by atoms with Gasteiger partial charge in [-0.2, -0.15) is 11.8 Å². The second kappa shape index (κ2) is 12.6. The fraction of sp³-hybridized carbons (Fsp3) is 0.643. The number of nitrogens with two attached hydrogens (primary N) is 1. The number of aliphatic hydroxyl groups excluding tert-OH is 1. The van der Waals surface area contributed by atoms with Gasteiger partial charge in [0.15, 0.2) is 0 Å². The number of pyridine rings is 1. The third-order valence-corrected chi connectivity index (χ3v) is 9.57. The Hall–Kier alpha value is -1.87. The number of aliphatic hydroxyl groups is 1. The summed E-state index contributed by atoms with van der Waals surface area (Å²) < 4.78 is 5.40. The molecule has 1 unspecified atom stereocenters. The first-order chi connectivity index (χ1) is 17.4. The first kappa shape index (κ1) is 27.2. The Morgan fingerprint density at radius 3 is 2.72 bits per heavy atom. The number of likely N-dealkylation sites (tertiary alicyclic amines) is 1. The highest BCUT2D eigenvalue weighted by molar-refractivity contribution is 7.99. The number of carbonyl (C=O) groups is 1. The van der Waals surface area contributed by atoms with Gasteiger partial charge < -0.3 is 25.6 Å². The van der Waals surface area contributed by atoms with Crippen molar-refractivity contribution in [3.63, 3.8) is 0 Å². The molecule has 0 bridgehead atoms. The van der Waals surface area contributed by atoms with Crippen molar-refractivity contribution in [2.45, 2.75) is 75.7 Å². The molecule has 0 radical (unpaired) electrons. The number of fused-ring (bicyclic) bond motifs is 1. The molecule has 2 heterocycles. The van der Waals surface area contributed by atoms with Crippen molar-refractivity contribution in [1.29, 1.82) is 0 Å². The van der Waals surface area contributed by atoms with Crippen molar-refractivity contribution in [1.82, 2.24) is 9.88 Å². The predicted molar refractivity (Wildman–Crippen MR) is 145 cm³/mol. The lowest BCUT2D eigenvalue weighted by molar-refractivity contribution is -0.141. The van der Waals surface area contributed by atoms with Crippen LogP contribution < -0.4 is 10.5 Å². The van der Waals surface area contributed by atoms with Crippen LogP contribution in [0.1, 0.15) is 75.0 Å². The Morgan fingerprint density at radius 1 is 1.31 bits per heavy atom. The monoisotopic (exact) mass is 515 g/mol. The third-order valence-electron chi connectivity index (χ3n) is 8.21. The second-order valence-corrected chi connectivity index (χ2v) is 11.9. The van der Waals surface area contributed by atoms with E-state index in [2.05, 4.69) is 21.6 Å². The molecular formula is C28H41N3O4S. The SMILES string of the molecule is COc1ccc2ncc(CN)c(C(O)CCC3(CC(=O)O)CCN(CCSC4CCCC4)CC3)c2c1. The van der Waals surface area contributed by atoms with Crippen molar-refractivity contribution in [2.24, 2.45) is 11.1 Å². The third kappa shape index (κ3) is 6.71. The minimum absolute atomic E-state index is 0.152. The van der Waals surface area contributed by atoms with Crippen LogP contribution in [-0.4, -0.2) is 63.8 Å². The van der Waals surface area contributed by atoms with Gasteiger partial charge in [0.1, 0.15) is 5.75 Å². The van der Waals surface area contributed by atoms with E-state index in [0.717, 1.165) is 65.5 Å². The van der Waals surface area contributed by atoms with E-state index in [0.29, 0.717) is 18.6 Å². The van der Waals surface area contributed by atoms with Gasteiger partial charge in [-0.15, -0.1) is 0 Å². The molecule has 1 aromatic carbocycles. The molecule has 1 saturated heterocycles. The molecule has 198 valence electrons. The minimum Gasteiger partial charge on any atom is -0.497 e. The zero-order chi connectivity index (χ0) is 25.5. The van der Waals surface area contributed by atoms with E-state index in [1.54, 1.807) is 13.3 Å². The molecular weight excluding hydrogens is 474 g/mol. The number of nitrogens with zero attached hydrogens (tertiary/aromatic N) is 2. The summed E-state index contributed by atoms with van der Waals surface area (Å²) in [6.07, 6.45) is 9.50. The zero-order valence-corrected chi connectivity index (χ0v) is 22.3. The Balaban J connectivity index is 1.41. The number of thioether (sulfide) groups is 1. The molecule has 1 aliphatic carbocycles. The molecule has 2 aliphatic rings. The van der Waals surface area contributed by atoms with Crippen LogP contribution in [-0.2, 0) is 11.3 Å². The maximum absolute atomic E-state index is 11.8. The van der Waals surface area contributed by atoms with E-state index in [1.165, 1.54) is 25.7 Å². The standard InChI is InChI=1S/C28H41N3O4S/c1-35-21-6-7-24-23(16-21)27(20(18-29)19-30-24)25(32)8-9-28(17-26(33)34)10-12-31(13-11-28)14-15-36-22-4-2-3-5-22/h6-7,16,19,22,25,32H,2-5,8-15,17-18,29H2,1H3,(H,33,34). The normalized spacial score (nSPS) is 19.5. The van der Waals surface area contributed by atoms with E-state index in [9.17, 15) is 15.0 Å². The Morgan fingerprint density at radius 2 is 2.06 bits per heavy atom. The molecule has 7 nitrogen and oxygen atoms in total. The Kier molecular flexibility index (Phi) is 9.50. The molecule has 2 fully saturated rings. The van der Waals surface area contributed by atoms with E-state index < -0.39 is 12.1 Å². The second-order valence-electron chi connectivity index (χ2n) is 10.5. The largest absolute Gasteiger partial charge is 0.497 e. The topological polar surface area (TPSA) is 109 Å². The number of carboxylic acids is 1. The fourth-order valence-corrected chi connectivity index (χ4v) is 7.36. The summed E-state index contributed by atoms with van der Waals surface area (Å²) in [6, 6.07) is 5.64. The van der Waals surface area contributed by atoms with Gasteiger partial charge in [0, 0.05) is 35.7 Å². The van der Waals surface area contributed by atoms with Crippen LogP contribution in [0.25, 0.3) is 10.9 Å². The molecule has 4 rings (SSSR count). The number of ether oxygens (including phenoxy) is 1. The number of hydrogen-bond donors (Lipinski definition) is 3. The van der Waals surface area contributed by atoms with Crippen molar-refractivity contribution >= 4 is 28.6 Å². The number of methoxy groups -OCH3 is 1. The van der Waals surface area contributed by atoms with Gasteiger partial charge in [-0.3, -0.25) is 9.78 Å². The average molecular weight is 516 g/mol. The van der Waals surface area contributed by atoms with Crippen LogP contribution in [0.4, 0.5) is 0 Å². The maximum atomic E-state index is 11.8. The van der Waals surface area contributed by atoms with Crippen LogP contribution in [0.3, 0.4) is 0 Å². The van der Waals surface area contributed by atoms with Gasteiger partial charge in [0.25, 0.3) is 0 Å². The number of piperidine rings is 1. The smallest absolute Gasteiger partial charge is 0.303 e. The molecule has 36 heavy (non-hydrogen) atoms. The first-order valence-corrected chi connectivity index (χ1v) is 14.4. The number of hydrogen-bond acceptors (Lipinski definition) is 7. The highest BCUT2D eigenvalue weighted by Gasteiger charge is 2.37. The number of aromatic nitrogens is 1. The first-order valence-electron chi connectivity index (χ1n) is 13.3. The molecule has 1 aliphatic heterocycles. The van der Waals surface area contributed by atoms with Gasteiger partial charge in [0.05, 0.1) is 25.2 Å². The van der Waals surface area contributed by atoms with E-state index in [4.69, 9.17) is 10.5 Å². The van der Waals surface area contributed by atoms with Gasteiger partial charge in [-0.1, -0.05) is 12.8 Å². The molecule has 4 N–H and O–H groups in total. The minimum atomic E-state index is -0.753. The van der Waals surface area contributed by atoms with Crippen molar-refractivity contribution in [2.75, 3.05) is 32.5 Å². The summed E-state index contributed by atoms with van der Waals surface area (Å²) in [5.41, 5.74) is 8.10.